The molecular weight excluding hydrogens is 324 g/mol. The van der Waals surface area contributed by atoms with Crippen molar-refractivity contribution in [3.63, 3.8) is 0 Å². The minimum Gasteiger partial charge on any atom is -0.345 e. The molecule has 2 aromatic rings. The van der Waals surface area contributed by atoms with Crippen molar-refractivity contribution in [2.75, 3.05) is 19.4 Å². The maximum absolute atomic E-state index is 12.3. The molecule has 2 aromatic carbocycles. The van der Waals surface area contributed by atoms with Gasteiger partial charge in [-0.1, -0.05) is 44.2 Å². The second-order valence-electron chi connectivity index (χ2n) is 6.84. The zero-order chi connectivity index (χ0) is 19.3. The lowest BCUT2D eigenvalue weighted by molar-refractivity contribution is -0.111. The van der Waals surface area contributed by atoms with Crippen molar-refractivity contribution in [2.45, 2.75) is 26.7 Å². The maximum Gasteiger partial charge on any atom is 0.253 e. The Hall–Kier alpha value is -2.88. The van der Waals surface area contributed by atoms with E-state index in [-0.39, 0.29) is 11.8 Å². The van der Waals surface area contributed by atoms with Crippen LogP contribution in [0, 0.1) is 6.92 Å². The van der Waals surface area contributed by atoms with Gasteiger partial charge in [-0.15, -0.1) is 0 Å². The monoisotopic (exact) mass is 350 g/mol. The van der Waals surface area contributed by atoms with Crippen LogP contribution in [0.3, 0.4) is 0 Å². The summed E-state index contributed by atoms with van der Waals surface area (Å²) in [5.74, 6) is 0.115. The Labute approximate surface area is 155 Å². The topological polar surface area (TPSA) is 49.4 Å². The molecule has 2 amide bonds. The van der Waals surface area contributed by atoms with Gasteiger partial charge in [0.1, 0.15) is 0 Å². The summed E-state index contributed by atoms with van der Waals surface area (Å²) in [4.78, 5) is 25.7. The molecule has 0 spiro atoms. The molecular formula is C22H26N2O2. The smallest absolute Gasteiger partial charge is 0.253 e. The lowest BCUT2D eigenvalue weighted by Gasteiger charge is -2.15. The molecule has 0 bridgehead atoms. The summed E-state index contributed by atoms with van der Waals surface area (Å²) in [7, 11) is 3.44. The maximum atomic E-state index is 12.3. The number of carbonyl (C=O) groups is 2. The number of benzene rings is 2. The average molecular weight is 350 g/mol. The van der Waals surface area contributed by atoms with E-state index >= 15 is 0 Å². The molecule has 0 saturated carbocycles. The fourth-order valence-corrected chi connectivity index (χ4v) is 2.67. The molecule has 0 aliphatic rings. The minimum atomic E-state index is -0.172. The van der Waals surface area contributed by atoms with Gasteiger partial charge in [0.05, 0.1) is 0 Å². The van der Waals surface area contributed by atoms with E-state index in [1.54, 1.807) is 32.3 Å². The van der Waals surface area contributed by atoms with E-state index in [0.717, 1.165) is 22.4 Å². The summed E-state index contributed by atoms with van der Waals surface area (Å²) in [5.41, 5.74) is 4.54. The van der Waals surface area contributed by atoms with Crippen molar-refractivity contribution < 1.29 is 9.59 Å². The molecule has 136 valence electrons. The van der Waals surface area contributed by atoms with Crippen LogP contribution in [0.2, 0.25) is 0 Å². The van der Waals surface area contributed by atoms with Crippen molar-refractivity contribution in [2.24, 2.45) is 0 Å². The second kappa shape index (κ2) is 8.48. The first-order chi connectivity index (χ1) is 12.3. The van der Waals surface area contributed by atoms with Crippen LogP contribution in [0.5, 0.6) is 0 Å². The van der Waals surface area contributed by atoms with Crippen LogP contribution in [0.25, 0.3) is 6.08 Å². The number of carbonyl (C=O) groups excluding carboxylic acids is 2. The van der Waals surface area contributed by atoms with Crippen LogP contribution in [0.1, 0.15) is 46.8 Å². The zero-order valence-corrected chi connectivity index (χ0v) is 16.0. The third kappa shape index (κ3) is 4.82. The SMILES string of the molecule is Cc1cccc(C(C)C)c1NC(=O)/C=C/c1ccc(C(=O)N(C)C)cc1. The summed E-state index contributed by atoms with van der Waals surface area (Å²) in [6.07, 6.45) is 3.26. The van der Waals surface area contributed by atoms with E-state index in [0.29, 0.717) is 11.5 Å². The molecule has 0 saturated heterocycles. The second-order valence-corrected chi connectivity index (χ2v) is 6.84. The van der Waals surface area contributed by atoms with Gasteiger partial charge in [-0.2, -0.15) is 0 Å². The average Bonchev–Trinajstić information content (AvgIpc) is 2.61. The molecule has 26 heavy (non-hydrogen) atoms. The minimum absolute atomic E-state index is 0.0426. The Morgan fingerprint density at radius 3 is 2.27 bits per heavy atom. The number of hydrogen-bond acceptors (Lipinski definition) is 2. The van der Waals surface area contributed by atoms with Gasteiger partial charge >= 0.3 is 0 Å². The Bertz CT molecular complexity index is 819. The predicted molar refractivity (Wildman–Crippen MR) is 107 cm³/mol. The summed E-state index contributed by atoms with van der Waals surface area (Å²) in [5, 5.41) is 2.99. The number of amides is 2. The molecule has 0 unspecified atom stereocenters. The van der Waals surface area contributed by atoms with E-state index < -0.39 is 0 Å². The van der Waals surface area contributed by atoms with Gasteiger partial charge in [0.15, 0.2) is 0 Å². The van der Waals surface area contributed by atoms with Gasteiger partial charge in [0.25, 0.3) is 5.91 Å². The van der Waals surface area contributed by atoms with Gasteiger partial charge in [-0.3, -0.25) is 9.59 Å². The fraction of sp³-hybridized carbons (Fsp3) is 0.273. The third-order valence-corrected chi connectivity index (χ3v) is 4.17. The normalized spacial score (nSPS) is 11.0. The first-order valence-electron chi connectivity index (χ1n) is 8.70. The Morgan fingerprint density at radius 1 is 1.04 bits per heavy atom. The molecule has 0 radical (unpaired) electrons. The lowest BCUT2D eigenvalue weighted by Crippen LogP contribution is -2.21. The third-order valence-electron chi connectivity index (χ3n) is 4.17. The summed E-state index contributed by atoms with van der Waals surface area (Å²) >= 11 is 0. The highest BCUT2D eigenvalue weighted by Crippen LogP contribution is 2.27. The molecule has 0 aliphatic carbocycles. The molecule has 0 aromatic heterocycles. The van der Waals surface area contributed by atoms with Gasteiger partial charge in [0, 0.05) is 31.4 Å². The Morgan fingerprint density at radius 2 is 1.69 bits per heavy atom. The van der Waals surface area contributed by atoms with Crippen LogP contribution < -0.4 is 5.32 Å². The molecule has 1 N–H and O–H groups in total. The summed E-state index contributed by atoms with van der Waals surface area (Å²) < 4.78 is 0. The van der Waals surface area contributed by atoms with Crippen molar-refractivity contribution in [3.8, 4) is 0 Å². The number of nitrogens with one attached hydrogen (secondary N) is 1. The molecule has 0 aliphatic heterocycles. The van der Waals surface area contributed by atoms with Crippen LogP contribution in [-0.4, -0.2) is 30.8 Å². The van der Waals surface area contributed by atoms with E-state index in [9.17, 15) is 9.59 Å². The Kier molecular flexibility index (Phi) is 6.34. The molecule has 2 rings (SSSR count). The molecule has 0 atom stereocenters. The van der Waals surface area contributed by atoms with Gasteiger partial charge in [0.2, 0.25) is 5.91 Å². The predicted octanol–water partition coefficient (Wildman–Crippen LogP) is 4.47. The van der Waals surface area contributed by atoms with Crippen molar-refractivity contribution in [1.82, 2.24) is 4.90 Å². The van der Waals surface area contributed by atoms with E-state index in [1.807, 2.05) is 37.3 Å². The van der Waals surface area contributed by atoms with Crippen molar-refractivity contribution >= 4 is 23.6 Å². The highest BCUT2D eigenvalue weighted by atomic mass is 16.2. The number of para-hydroxylation sites is 1. The largest absolute Gasteiger partial charge is 0.345 e. The summed E-state index contributed by atoms with van der Waals surface area (Å²) in [6.45, 7) is 6.21. The van der Waals surface area contributed by atoms with Crippen LogP contribution in [0.15, 0.2) is 48.5 Å². The van der Waals surface area contributed by atoms with E-state index in [1.165, 1.54) is 11.0 Å². The fourth-order valence-electron chi connectivity index (χ4n) is 2.67. The first-order valence-corrected chi connectivity index (χ1v) is 8.70. The highest BCUT2D eigenvalue weighted by molar-refractivity contribution is 6.03. The van der Waals surface area contributed by atoms with Crippen molar-refractivity contribution in [1.29, 1.82) is 0 Å². The Balaban J connectivity index is 2.10. The van der Waals surface area contributed by atoms with Gasteiger partial charge in [-0.25, -0.2) is 0 Å². The van der Waals surface area contributed by atoms with Crippen molar-refractivity contribution in [3.05, 3.63) is 70.8 Å². The molecule has 0 heterocycles. The number of hydrogen-bond donors (Lipinski definition) is 1. The van der Waals surface area contributed by atoms with E-state index in [2.05, 4.69) is 19.2 Å². The van der Waals surface area contributed by atoms with Crippen LogP contribution >= 0.6 is 0 Å². The number of rotatable bonds is 5. The number of anilines is 1. The lowest BCUT2D eigenvalue weighted by atomic mass is 9.98. The number of aryl methyl sites for hydroxylation is 1. The van der Waals surface area contributed by atoms with Gasteiger partial charge in [-0.05, 0) is 47.7 Å². The van der Waals surface area contributed by atoms with Gasteiger partial charge < -0.3 is 10.2 Å². The first kappa shape index (κ1) is 19.4. The highest BCUT2D eigenvalue weighted by Gasteiger charge is 2.11. The van der Waals surface area contributed by atoms with Crippen LogP contribution in [-0.2, 0) is 4.79 Å². The number of nitrogens with zero attached hydrogens (tertiary/aromatic N) is 1. The standard InChI is InChI=1S/C22H26N2O2/c1-15(2)19-8-6-7-16(3)21(19)23-20(25)14-11-17-9-12-18(13-10-17)22(26)24(4)5/h6-15H,1-5H3,(H,23,25)/b14-11+. The molecule has 0 fully saturated rings. The molecule has 4 nitrogen and oxygen atoms in total. The summed E-state index contributed by atoms with van der Waals surface area (Å²) in [6, 6.07) is 13.2. The zero-order valence-electron chi connectivity index (χ0n) is 16.0. The van der Waals surface area contributed by atoms with E-state index in [4.69, 9.17) is 0 Å². The van der Waals surface area contributed by atoms with Crippen LogP contribution in [0.4, 0.5) is 5.69 Å². The molecule has 4 heteroatoms. The quantitative estimate of drug-likeness (QED) is 0.809.